The number of hydrogen-bond donors (Lipinski definition) is 1. The number of nitrogens with two attached hydrogens (primary N) is 1. The molecule has 0 unspecified atom stereocenters. The molecule has 0 aliphatic carbocycles. The Morgan fingerprint density at radius 3 is 2.71 bits per heavy atom. The minimum absolute atomic E-state index is 0.842. The minimum atomic E-state index is 0.842. The first-order valence-electron chi connectivity index (χ1n) is 5.87. The lowest BCUT2D eigenvalue weighted by atomic mass is 10.2. The van der Waals surface area contributed by atoms with E-state index in [1.54, 1.807) is 0 Å². The van der Waals surface area contributed by atoms with Gasteiger partial charge in [-0.15, -0.1) is 11.3 Å². The van der Waals surface area contributed by atoms with Crippen LogP contribution in [-0.4, -0.2) is 11.4 Å². The number of nitrogen functional groups attached to an aromatic ring is 1. The molecular weight excluding hydrogens is 228 g/mol. The Bertz CT molecular complexity index is 451. The molecule has 0 bridgehead atoms. The Morgan fingerprint density at radius 2 is 2.06 bits per heavy atom. The van der Waals surface area contributed by atoms with E-state index < -0.39 is 0 Å². The second-order valence-corrected chi connectivity index (χ2v) is 5.16. The maximum Gasteiger partial charge on any atom is 0.0331 e. The van der Waals surface area contributed by atoms with Crippen LogP contribution in [0.5, 0.6) is 0 Å². The lowest BCUT2D eigenvalue weighted by Gasteiger charge is -2.19. The van der Waals surface area contributed by atoms with Crippen molar-refractivity contribution in [1.82, 2.24) is 4.90 Å². The molecular formula is C14H18N2S. The van der Waals surface area contributed by atoms with Gasteiger partial charge in [-0.05, 0) is 35.7 Å². The van der Waals surface area contributed by atoms with E-state index in [9.17, 15) is 0 Å². The molecule has 2 rings (SSSR count). The quantitative estimate of drug-likeness (QED) is 0.820. The van der Waals surface area contributed by atoms with E-state index in [2.05, 4.69) is 41.5 Å². The van der Waals surface area contributed by atoms with Crippen molar-refractivity contribution >= 4 is 17.0 Å². The van der Waals surface area contributed by atoms with Gasteiger partial charge in [-0.25, -0.2) is 0 Å². The van der Waals surface area contributed by atoms with E-state index >= 15 is 0 Å². The van der Waals surface area contributed by atoms with Crippen LogP contribution in [0.25, 0.3) is 0 Å². The predicted octanol–water partition coefficient (Wildman–Crippen LogP) is 3.35. The molecule has 0 saturated heterocycles. The first-order valence-corrected chi connectivity index (χ1v) is 6.75. The van der Waals surface area contributed by atoms with Gasteiger partial charge in [0, 0.05) is 23.7 Å². The van der Waals surface area contributed by atoms with E-state index in [0.717, 1.165) is 25.3 Å². The summed E-state index contributed by atoms with van der Waals surface area (Å²) in [7, 11) is 0. The van der Waals surface area contributed by atoms with Gasteiger partial charge >= 0.3 is 0 Å². The number of nitrogens with zero attached hydrogens (tertiary/aromatic N) is 1. The molecule has 0 saturated carbocycles. The summed E-state index contributed by atoms with van der Waals surface area (Å²) < 4.78 is 0. The summed E-state index contributed by atoms with van der Waals surface area (Å²) in [5, 5.41) is 2.13. The summed E-state index contributed by atoms with van der Waals surface area (Å²) in [6.45, 7) is 5.22. The largest absolute Gasteiger partial charge is 0.399 e. The molecule has 90 valence electrons. The fourth-order valence-corrected chi connectivity index (χ4v) is 2.60. The first-order chi connectivity index (χ1) is 8.28. The first kappa shape index (κ1) is 12.1. The van der Waals surface area contributed by atoms with Crippen LogP contribution >= 0.6 is 11.3 Å². The van der Waals surface area contributed by atoms with Crippen molar-refractivity contribution in [1.29, 1.82) is 0 Å². The van der Waals surface area contributed by atoms with Crippen molar-refractivity contribution in [3.05, 3.63) is 52.2 Å². The summed E-state index contributed by atoms with van der Waals surface area (Å²) in [5.41, 5.74) is 7.92. The van der Waals surface area contributed by atoms with Gasteiger partial charge in [0.25, 0.3) is 0 Å². The van der Waals surface area contributed by atoms with Gasteiger partial charge in [0.1, 0.15) is 0 Å². The second-order valence-electron chi connectivity index (χ2n) is 4.13. The fourth-order valence-electron chi connectivity index (χ4n) is 1.85. The molecule has 0 spiro atoms. The van der Waals surface area contributed by atoms with E-state index in [0.29, 0.717) is 0 Å². The molecule has 2 nitrogen and oxygen atoms in total. The Balaban J connectivity index is 2.00. The average molecular weight is 246 g/mol. The summed E-state index contributed by atoms with van der Waals surface area (Å²) in [4.78, 5) is 3.83. The highest BCUT2D eigenvalue weighted by molar-refractivity contribution is 7.09. The lowest BCUT2D eigenvalue weighted by Crippen LogP contribution is -2.21. The summed E-state index contributed by atoms with van der Waals surface area (Å²) in [6, 6.07) is 12.4. The molecule has 0 atom stereocenters. The standard InChI is InChI=1S/C14H18N2S/c1-2-16(11-14-7-4-8-17-14)10-12-5-3-6-13(15)9-12/h3-9H,2,10-11,15H2,1H3. The molecule has 17 heavy (non-hydrogen) atoms. The van der Waals surface area contributed by atoms with Crippen molar-refractivity contribution in [2.24, 2.45) is 0 Å². The molecule has 0 aliphatic rings. The van der Waals surface area contributed by atoms with Gasteiger partial charge in [-0.2, -0.15) is 0 Å². The maximum absolute atomic E-state index is 5.80. The molecule has 0 fully saturated rings. The molecule has 1 heterocycles. The topological polar surface area (TPSA) is 29.3 Å². The zero-order valence-corrected chi connectivity index (χ0v) is 10.9. The van der Waals surface area contributed by atoms with Gasteiger partial charge in [0.2, 0.25) is 0 Å². The van der Waals surface area contributed by atoms with Crippen molar-refractivity contribution in [2.75, 3.05) is 12.3 Å². The van der Waals surface area contributed by atoms with Gasteiger partial charge in [-0.3, -0.25) is 4.90 Å². The molecule has 3 heteroatoms. The number of hydrogen-bond acceptors (Lipinski definition) is 3. The molecule has 0 aliphatic heterocycles. The van der Waals surface area contributed by atoms with Gasteiger partial charge < -0.3 is 5.73 Å². The third-order valence-electron chi connectivity index (χ3n) is 2.76. The van der Waals surface area contributed by atoms with E-state index in [4.69, 9.17) is 5.73 Å². The molecule has 2 aromatic rings. The van der Waals surface area contributed by atoms with Crippen LogP contribution in [0.15, 0.2) is 41.8 Å². The van der Waals surface area contributed by atoms with Crippen molar-refractivity contribution in [2.45, 2.75) is 20.0 Å². The van der Waals surface area contributed by atoms with Crippen molar-refractivity contribution in [3.63, 3.8) is 0 Å². The fraction of sp³-hybridized carbons (Fsp3) is 0.286. The van der Waals surface area contributed by atoms with E-state index in [1.165, 1.54) is 10.4 Å². The van der Waals surface area contributed by atoms with Gasteiger partial charge in [0.15, 0.2) is 0 Å². The summed E-state index contributed by atoms with van der Waals surface area (Å²) in [6.07, 6.45) is 0. The predicted molar refractivity (Wildman–Crippen MR) is 75.0 cm³/mol. The number of thiophene rings is 1. The zero-order valence-electron chi connectivity index (χ0n) is 10.1. The van der Waals surface area contributed by atoms with Crippen LogP contribution in [0.1, 0.15) is 17.4 Å². The summed E-state index contributed by atoms with van der Waals surface area (Å²) >= 11 is 1.81. The van der Waals surface area contributed by atoms with E-state index in [-0.39, 0.29) is 0 Å². The Kier molecular flexibility index (Phi) is 4.18. The second kappa shape index (κ2) is 5.84. The van der Waals surface area contributed by atoms with E-state index in [1.807, 2.05) is 23.5 Å². The number of anilines is 1. The number of rotatable bonds is 5. The minimum Gasteiger partial charge on any atom is -0.399 e. The Labute approximate surface area is 107 Å². The SMILES string of the molecule is CCN(Cc1cccc(N)c1)Cc1cccs1. The van der Waals surface area contributed by atoms with Crippen LogP contribution in [0, 0.1) is 0 Å². The number of benzene rings is 1. The molecule has 0 radical (unpaired) electrons. The van der Waals surface area contributed by atoms with Crippen LogP contribution in [0.2, 0.25) is 0 Å². The maximum atomic E-state index is 5.80. The summed E-state index contributed by atoms with van der Waals surface area (Å²) in [5.74, 6) is 0. The molecule has 2 N–H and O–H groups in total. The Hall–Kier alpha value is -1.32. The lowest BCUT2D eigenvalue weighted by molar-refractivity contribution is 0.274. The zero-order chi connectivity index (χ0) is 12.1. The highest BCUT2D eigenvalue weighted by Gasteiger charge is 2.05. The van der Waals surface area contributed by atoms with Gasteiger partial charge in [0.05, 0.1) is 0 Å². The Morgan fingerprint density at radius 1 is 1.18 bits per heavy atom. The van der Waals surface area contributed by atoms with Crippen molar-refractivity contribution in [3.8, 4) is 0 Å². The third kappa shape index (κ3) is 3.58. The highest BCUT2D eigenvalue weighted by atomic mass is 32.1. The normalized spacial score (nSPS) is 10.9. The van der Waals surface area contributed by atoms with Crippen molar-refractivity contribution < 1.29 is 0 Å². The smallest absolute Gasteiger partial charge is 0.0331 e. The molecule has 0 amide bonds. The van der Waals surface area contributed by atoms with Gasteiger partial charge in [-0.1, -0.05) is 25.1 Å². The van der Waals surface area contributed by atoms with Crippen LogP contribution in [-0.2, 0) is 13.1 Å². The highest BCUT2D eigenvalue weighted by Crippen LogP contribution is 2.15. The van der Waals surface area contributed by atoms with Crippen LogP contribution in [0.3, 0.4) is 0 Å². The monoisotopic (exact) mass is 246 g/mol. The van der Waals surface area contributed by atoms with Crippen LogP contribution < -0.4 is 5.73 Å². The third-order valence-corrected chi connectivity index (χ3v) is 3.63. The average Bonchev–Trinajstić information content (AvgIpc) is 2.81. The molecule has 1 aromatic heterocycles. The molecule has 1 aromatic carbocycles. The van der Waals surface area contributed by atoms with Crippen LogP contribution in [0.4, 0.5) is 5.69 Å².